The van der Waals surface area contributed by atoms with Crippen molar-refractivity contribution in [2.75, 3.05) is 5.32 Å². The van der Waals surface area contributed by atoms with E-state index in [9.17, 15) is 9.18 Å². The van der Waals surface area contributed by atoms with Crippen molar-refractivity contribution >= 4 is 23.2 Å². The number of carbonyl (C=O) groups is 1. The van der Waals surface area contributed by atoms with Crippen LogP contribution in [0.1, 0.15) is 49.1 Å². The van der Waals surface area contributed by atoms with Crippen molar-refractivity contribution in [2.24, 2.45) is 5.92 Å². The molecule has 0 saturated heterocycles. The Bertz CT molecular complexity index is 736. The third kappa shape index (κ3) is 4.82. The fourth-order valence-electron chi connectivity index (χ4n) is 3.59. The molecule has 1 fully saturated rings. The molecule has 25 heavy (non-hydrogen) atoms. The first-order valence-electron chi connectivity index (χ1n) is 8.82. The van der Waals surface area contributed by atoms with E-state index >= 15 is 0 Å². The quantitative estimate of drug-likeness (QED) is 0.703. The number of rotatable bonds is 4. The zero-order valence-corrected chi connectivity index (χ0v) is 15.2. The summed E-state index contributed by atoms with van der Waals surface area (Å²) in [6.45, 7) is 2.10. The van der Waals surface area contributed by atoms with Gasteiger partial charge in [-0.15, -0.1) is 0 Å². The van der Waals surface area contributed by atoms with Gasteiger partial charge >= 0.3 is 0 Å². The highest BCUT2D eigenvalue weighted by Gasteiger charge is 2.24. The maximum atomic E-state index is 13.4. The van der Waals surface area contributed by atoms with E-state index in [1.807, 2.05) is 0 Å². The van der Waals surface area contributed by atoms with Gasteiger partial charge in [-0.2, -0.15) is 0 Å². The van der Waals surface area contributed by atoms with Gasteiger partial charge in [0.05, 0.1) is 5.02 Å². The van der Waals surface area contributed by atoms with Crippen LogP contribution in [0.15, 0.2) is 42.5 Å². The molecule has 0 unspecified atom stereocenters. The standard InChI is InChI=1S/C21H23ClFNO/c1-14-2-6-16(7-3-14)17-8-4-15(5-9-17)12-21(25)24-18-10-11-19(22)20(23)13-18/h2-3,6-7,10-11,13,15,17H,4-5,8-9,12H2,1H3,(H,24,25). The lowest BCUT2D eigenvalue weighted by molar-refractivity contribution is -0.117. The van der Waals surface area contributed by atoms with Crippen molar-refractivity contribution < 1.29 is 9.18 Å². The van der Waals surface area contributed by atoms with Crippen molar-refractivity contribution in [2.45, 2.75) is 44.9 Å². The van der Waals surface area contributed by atoms with Crippen molar-refractivity contribution in [1.29, 1.82) is 0 Å². The van der Waals surface area contributed by atoms with Crippen LogP contribution in [0.2, 0.25) is 5.02 Å². The lowest BCUT2D eigenvalue weighted by Gasteiger charge is -2.28. The predicted molar refractivity (Wildman–Crippen MR) is 101 cm³/mol. The van der Waals surface area contributed by atoms with E-state index in [-0.39, 0.29) is 10.9 Å². The predicted octanol–water partition coefficient (Wildman–Crippen LogP) is 6.09. The van der Waals surface area contributed by atoms with E-state index in [2.05, 4.69) is 36.5 Å². The SMILES string of the molecule is Cc1ccc(C2CCC(CC(=O)Nc3ccc(Cl)c(F)c3)CC2)cc1. The van der Waals surface area contributed by atoms with Crippen LogP contribution in [-0.4, -0.2) is 5.91 Å². The van der Waals surface area contributed by atoms with Crippen molar-refractivity contribution in [3.63, 3.8) is 0 Å². The van der Waals surface area contributed by atoms with E-state index < -0.39 is 5.82 Å². The molecule has 2 aromatic rings. The summed E-state index contributed by atoms with van der Waals surface area (Å²) in [5.74, 6) is 0.433. The van der Waals surface area contributed by atoms with Crippen LogP contribution in [0.25, 0.3) is 0 Å². The summed E-state index contributed by atoms with van der Waals surface area (Å²) in [6, 6.07) is 13.1. The zero-order chi connectivity index (χ0) is 17.8. The molecule has 1 amide bonds. The van der Waals surface area contributed by atoms with Gasteiger partial charge in [0.2, 0.25) is 5.91 Å². The van der Waals surface area contributed by atoms with Gasteiger partial charge in [0.15, 0.2) is 0 Å². The molecule has 2 aromatic carbocycles. The van der Waals surface area contributed by atoms with E-state index in [0.29, 0.717) is 23.9 Å². The molecule has 0 aromatic heterocycles. The summed E-state index contributed by atoms with van der Waals surface area (Å²) in [7, 11) is 0. The lowest BCUT2D eigenvalue weighted by atomic mass is 9.77. The van der Waals surface area contributed by atoms with Crippen LogP contribution in [0.4, 0.5) is 10.1 Å². The Labute approximate surface area is 153 Å². The first kappa shape index (κ1) is 17.9. The Morgan fingerprint density at radius 3 is 2.44 bits per heavy atom. The average Bonchev–Trinajstić information content (AvgIpc) is 2.60. The molecule has 3 rings (SSSR count). The fraction of sp³-hybridized carbons (Fsp3) is 0.381. The van der Waals surface area contributed by atoms with Gasteiger partial charge in [-0.3, -0.25) is 4.79 Å². The molecular weight excluding hydrogens is 337 g/mol. The van der Waals surface area contributed by atoms with Crippen molar-refractivity contribution in [3.8, 4) is 0 Å². The summed E-state index contributed by atoms with van der Waals surface area (Å²) in [6.07, 6.45) is 4.85. The van der Waals surface area contributed by atoms with Crippen molar-refractivity contribution in [1.82, 2.24) is 0 Å². The summed E-state index contributed by atoms with van der Waals surface area (Å²) < 4.78 is 13.4. The third-order valence-corrected chi connectivity index (χ3v) is 5.38. The summed E-state index contributed by atoms with van der Waals surface area (Å²) in [5, 5.41) is 2.83. The second-order valence-corrected chi connectivity index (χ2v) is 7.42. The third-order valence-electron chi connectivity index (χ3n) is 5.07. The van der Waals surface area contributed by atoms with Gasteiger partial charge in [0.1, 0.15) is 5.82 Å². The van der Waals surface area contributed by atoms with Gasteiger partial charge in [-0.05, 0) is 68.2 Å². The summed E-state index contributed by atoms with van der Waals surface area (Å²) >= 11 is 5.66. The van der Waals surface area contributed by atoms with Crippen LogP contribution in [-0.2, 0) is 4.79 Å². The van der Waals surface area contributed by atoms with E-state index in [0.717, 1.165) is 25.7 Å². The number of hydrogen-bond acceptors (Lipinski definition) is 1. The summed E-state index contributed by atoms with van der Waals surface area (Å²) in [4.78, 5) is 12.2. The van der Waals surface area contributed by atoms with Crippen molar-refractivity contribution in [3.05, 3.63) is 64.4 Å². The number of nitrogens with one attached hydrogen (secondary N) is 1. The molecule has 1 aliphatic carbocycles. The van der Waals surface area contributed by atoms with E-state index in [4.69, 9.17) is 11.6 Å². The fourth-order valence-corrected chi connectivity index (χ4v) is 3.70. The molecule has 0 aliphatic heterocycles. The molecule has 2 nitrogen and oxygen atoms in total. The normalized spacial score (nSPS) is 20.3. The molecule has 0 radical (unpaired) electrons. The Kier molecular flexibility index (Phi) is 5.74. The molecule has 0 atom stereocenters. The van der Waals surface area contributed by atoms with Crippen LogP contribution in [0, 0.1) is 18.7 Å². The minimum absolute atomic E-state index is 0.0551. The van der Waals surface area contributed by atoms with Crippen LogP contribution < -0.4 is 5.32 Å². The second kappa shape index (κ2) is 8.01. The molecule has 0 bridgehead atoms. The topological polar surface area (TPSA) is 29.1 Å². The first-order valence-corrected chi connectivity index (χ1v) is 9.20. The molecule has 1 saturated carbocycles. The van der Waals surface area contributed by atoms with Gasteiger partial charge in [-0.1, -0.05) is 41.4 Å². The van der Waals surface area contributed by atoms with E-state index in [1.165, 1.54) is 23.3 Å². The van der Waals surface area contributed by atoms with Gasteiger partial charge < -0.3 is 5.32 Å². The molecule has 1 aliphatic rings. The van der Waals surface area contributed by atoms with Crippen LogP contribution >= 0.6 is 11.6 Å². The molecule has 1 N–H and O–H groups in total. The largest absolute Gasteiger partial charge is 0.326 e. The highest BCUT2D eigenvalue weighted by atomic mass is 35.5. The van der Waals surface area contributed by atoms with Gasteiger partial charge in [0.25, 0.3) is 0 Å². The highest BCUT2D eigenvalue weighted by Crippen LogP contribution is 2.37. The molecule has 4 heteroatoms. The maximum Gasteiger partial charge on any atom is 0.224 e. The molecule has 0 spiro atoms. The molecular formula is C21H23ClFNO. The van der Waals surface area contributed by atoms with Gasteiger partial charge in [0, 0.05) is 12.1 Å². The monoisotopic (exact) mass is 359 g/mol. The Hall–Kier alpha value is -1.87. The Balaban J connectivity index is 1.49. The first-order chi connectivity index (χ1) is 12.0. The smallest absolute Gasteiger partial charge is 0.224 e. The summed E-state index contributed by atoms with van der Waals surface area (Å²) in [5.41, 5.74) is 3.15. The zero-order valence-electron chi connectivity index (χ0n) is 14.4. The number of benzene rings is 2. The second-order valence-electron chi connectivity index (χ2n) is 7.01. The number of halogens is 2. The molecule has 0 heterocycles. The Morgan fingerprint density at radius 1 is 1.12 bits per heavy atom. The lowest BCUT2D eigenvalue weighted by Crippen LogP contribution is -2.20. The minimum atomic E-state index is -0.516. The van der Waals surface area contributed by atoms with Crippen LogP contribution in [0.5, 0.6) is 0 Å². The Morgan fingerprint density at radius 2 is 1.80 bits per heavy atom. The highest BCUT2D eigenvalue weighted by molar-refractivity contribution is 6.30. The average molecular weight is 360 g/mol. The maximum absolute atomic E-state index is 13.4. The van der Waals surface area contributed by atoms with Gasteiger partial charge in [-0.25, -0.2) is 4.39 Å². The minimum Gasteiger partial charge on any atom is -0.326 e. The van der Waals surface area contributed by atoms with Crippen LogP contribution in [0.3, 0.4) is 0 Å². The van der Waals surface area contributed by atoms with E-state index in [1.54, 1.807) is 6.07 Å². The number of carbonyl (C=O) groups excluding carboxylic acids is 1. The number of amides is 1. The molecule has 132 valence electrons. The number of hydrogen-bond donors (Lipinski definition) is 1. The number of aryl methyl sites for hydroxylation is 1. The number of anilines is 1.